The number of carboxylic acid groups (broad SMARTS) is 1. The molecule has 1 aromatic rings. The molecule has 0 fully saturated rings. The average Bonchev–Trinajstić information content (AvgIpc) is 2.51. The number of aliphatic imine (C=N–C) groups is 1. The van der Waals surface area contributed by atoms with Gasteiger partial charge in [0, 0.05) is 16.3 Å². The summed E-state index contributed by atoms with van der Waals surface area (Å²) in [5.41, 5.74) is 2.26. The van der Waals surface area contributed by atoms with E-state index in [-0.39, 0.29) is 0 Å². The molecular formula is C9H6BrNO2. The van der Waals surface area contributed by atoms with Crippen LogP contribution >= 0.6 is 15.9 Å². The van der Waals surface area contributed by atoms with Crippen LogP contribution in [0.5, 0.6) is 0 Å². The Bertz CT molecular complexity index is 412. The lowest BCUT2D eigenvalue weighted by atomic mass is 10.1. The predicted molar refractivity (Wildman–Crippen MR) is 52.4 cm³/mol. The number of carboxylic acids is 1. The summed E-state index contributed by atoms with van der Waals surface area (Å²) in [7, 11) is 0. The summed E-state index contributed by atoms with van der Waals surface area (Å²) in [4.78, 5) is 14.8. The molecule has 0 aliphatic carbocycles. The summed E-state index contributed by atoms with van der Waals surface area (Å²) in [6.07, 6.45) is 1.76. The second kappa shape index (κ2) is 2.96. The van der Waals surface area contributed by atoms with Crippen molar-refractivity contribution in [2.24, 2.45) is 4.99 Å². The Morgan fingerprint density at radius 1 is 1.54 bits per heavy atom. The van der Waals surface area contributed by atoms with E-state index < -0.39 is 5.97 Å². The number of aromatic carboxylic acids is 1. The molecular weight excluding hydrogens is 234 g/mol. The van der Waals surface area contributed by atoms with Gasteiger partial charge >= 0.3 is 5.97 Å². The van der Waals surface area contributed by atoms with Crippen LogP contribution in [0.25, 0.3) is 0 Å². The second-order valence-electron chi connectivity index (χ2n) is 2.81. The monoisotopic (exact) mass is 239 g/mol. The van der Waals surface area contributed by atoms with Gasteiger partial charge in [-0.1, -0.05) is 15.9 Å². The summed E-state index contributed by atoms with van der Waals surface area (Å²) >= 11 is 3.31. The molecule has 0 atom stereocenters. The molecule has 1 N–H and O–H groups in total. The van der Waals surface area contributed by atoms with Crippen molar-refractivity contribution in [2.75, 3.05) is 0 Å². The molecule has 13 heavy (non-hydrogen) atoms. The van der Waals surface area contributed by atoms with Gasteiger partial charge in [0.05, 0.1) is 12.1 Å². The molecule has 4 heteroatoms. The van der Waals surface area contributed by atoms with Crippen molar-refractivity contribution in [2.45, 2.75) is 6.54 Å². The van der Waals surface area contributed by atoms with Crippen LogP contribution in [0.15, 0.2) is 21.6 Å². The number of nitrogens with zero attached hydrogens (tertiary/aromatic N) is 1. The highest BCUT2D eigenvalue weighted by Crippen LogP contribution is 2.25. The third kappa shape index (κ3) is 1.37. The minimum atomic E-state index is -0.907. The predicted octanol–water partition coefficient (Wildman–Crippen LogP) is 2.08. The molecule has 0 saturated heterocycles. The topological polar surface area (TPSA) is 49.7 Å². The van der Waals surface area contributed by atoms with Crippen LogP contribution in [0.4, 0.5) is 0 Å². The summed E-state index contributed by atoms with van der Waals surface area (Å²) in [5, 5.41) is 8.78. The molecule has 1 aromatic carbocycles. The number of carbonyl (C=O) groups is 1. The lowest BCUT2D eigenvalue weighted by Crippen LogP contribution is -1.99. The van der Waals surface area contributed by atoms with Crippen LogP contribution in [0.3, 0.4) is 0 Å². The molecule has 0 spiro atoms. The maximum absolute atomic E-state index is 10.7. The molecule has 0 saturated carbocycles. The molecule has 2 rings (SSSR count). The molecule has 0 aromatic heterocycles. The first kappa shape index (κ1) is 8.44. The van der Waals surface area contributed by atoms with Gasteiger partial charge in [-0.05, 0) is 17.7 Å². The fourth-order valence-corrected chi connectivity index (χ4v) is 1.91. The van der Waals surface area contributed by atoms with Crippen molar-refractivity contribution < 1.29 is 9.90 Å². The maximum Gasteiger partial charge on any atom is 0.335 e. The summed E-state index contributed by atoms with van der Waals surface area (Å²) in [6, 6.07) is 3.26. The molecule has 3 nitrogen and oxygen atoms in total. The van der Waals surface area contributed by atoms with Crippen molar-refractivity contribution in [1.29, 1.82) is 0 Å². The average molecular weight is 240 g/mol. The smallest absolute Gasteiger partial charge is 0.335 e. The maximum atomic E-state index is 10.7. The van der Waals surface area contributed by atoms with E-state index in [2.05, 4.69) is 20.9 Å². The van der Waals surface area contributed by atoms with Crippen LogP contribution in [0.2, 0.25) is 0 Å². The van der Waals surface area contributed by atoms with Crippen LogP contribution in [-0.4, -0.2) is 17.3 Å². The van der Waals surface area contributed by atoms with Crippen molar-refractivity contribution in [3.8, 4) is 0 Å². The number of benzene rings is 1. The van der Waals surface area contributed by atoms with E-state index in [9.17, 15) is 4.79 Å². The minimum Gasteiger partial charge on any atom is -0.478 e. The molecule has 66 valence electrons. The Balaban J connectivity index is 2.59. The third-order valence-corrected chi connectivity index (χ3v) is 2.60. The largest absolute Gasteiger partial charge is 0.478 e. The van der Waals surface area contributed by atoms with E-state index in [1.165, 1.54) is 0 Å². The van der Waals surface area contributed by atoms with Gasteiger partial charge in [0.2, 0.25) is 0 Å². The lowest BCUT2D eigenvalue weighted by molar-refractivity contribution is 0.0696. The highest BCUT2D eigenvalue weighted by molar-refractivity contribution is 9.10. The summed E-state index contributed by atoms with van der Waals surface area (Å²) in [5.74, 6) is -0.907. The zero-order valence-electron chi connectivity index (χ0n) is 6.62. The Hall–Kier alpha value is -1.16. The Kier molecular flexibility index (Phi) is 1.92. The highest BCUT2D eigenvalue weighted by Gasteiger charge is 2.13. The van der Waals surface area contributed by atoms with Crippen molar-refractivity contribution in [3.05, 3.63) is 33.3 Å². The molecule has 1 aliphatic heterocycles. The fourth-order valence-electron chi connectivity index (χ4n) is 1.31. The molecule has 0 amide bonds. The highest BCUT2D eigenvalue weighted by atomic mass is 79.9. The summed E-state index contributed by atoms with van der Waals surface area (Å²) in [6.45, 7) is 0.578. The molecule has 0 radical (unpaired) electrons. The number of rotatable bonds is 1. The van der Waals surface area contributed by atoms with E-state index >= 15 is 0 Å². The van der Waals surface area contributed by atoms with E-state index in [4.69, 9.17) is 5.11 Å². The van der Waals surface area contributed by atoms with Gasteiger partial charge in [0.25, 0.3) is 0 Å². The normalized spacial score (nSPS) is 13.0. The van der Waals surface area contributed by atoms with Gasteiger partial charge in [-0.25, -0.2) is 4.79 Å². The second-order valence-corrected chi connectivity index (χ2v) is 3.66. The van der Waals surface area contributed by atoms with Gasteiger partial charge in [-0.2, -0.15) is 0 Å². The van der Waals surface area contributed by atoms with Crippen molar-refractivity contribution >= 4 is 28.1 Å². The molecule has 1 aliphatic rings. The Labute approximate surface area is 83.2 Å². The number of hydrogen-bond acceptors (Lipinski definition) is 2. The van der Waals surface area contributed by atoms with Crippen LogP contribution in [0, 0.1) is 0 Å². The first-order valence-corrected chi connectivity index (χ1v) is 4.53. The SMILES string of the molecule is O=C(O)c1cc(Br)c2c(c1)CN=C2. The zero-order valence-corrected chi connectivity index (χ0v) is 8.21. The lowest BCUT2D eigenvalue weighted by Gasteiger charge is -2.02. The molecule has 1 heterocycles. The number of hydrogen-bond donors (Lipinski definition) is 1. The number of halogens is 1. The van der Waals surface area contributed by atoms with E-state index in [1.807, 2.05) is 0 Å². The van der Waals surface area contributed by atoms with Crippen LogP contribution in [0.1, 0.15) is 21.5 Å². The standard InChI is InChI=1S/C9H6BrNO2/c10-8-2-5(9(12)13)1-6-3-11-4-7(6)8/h1-2,4H,3H2,(H,12,13). The number of fused-ring (bicyclic) bond motifs is 1. The first-order chi connectivity index (χ1) is 6.18. The first-order valence-electron chi connectivity index (χ1n) is 3.74. The minimum absolute atomic E-state index is 0.302. The van der Waals surface area contributed by atoms with Gasteiger partial charge in [-0.3, -0.25) is 4.99 Å². The fraction of sp³-hybridized carbons (Fsp3) is 0.111. The van der Waals surface area contributed by atoms with Gasteiger partial charge in [0.1, 0.15) is 0 Å². The summed E-state index contributed by atoms with van der Waals surface area (Å²) < 4.78 is 0.795. The van der Waals surface area contributed by atoms with E-state index in [0.717, 1.165) is 15.6 Å². The van der Waals surface area contributed by atoms with E-state index in [1.54, 1.807) is 18.3 Å². The van der Waals surface area contributed by atoms with Gasteiger partial charge < -0.3 is 5.11 Å². The van der Waals surface area contributed by atoms with Gasteiger partial charge in [0.15, 0.2) is 0 Å². The molecule has 0 bridgehead atoms. The van der Waals surface area contributed by atoms with E-state index in [0.29, 0.717) is 12.1 Å². The van der Waals surface area contributed by atoms with Gasteiger partial charge in [-0.15, -0.1) is 0 Å². The third-order valence-electron chi connectivity index (χ3n) is 1.94. The van der Waals surface area contributed by atoms with Crippen LogP contribution in [-0.2, 0) is 6.54 Å². The molecule has 0 unspecified atom stereocenters. The zero-order chi connectivity index (χ0) is 9.42. The van der Waals surface area contributed by atoms with Crippen molar-refractivity contribution in [3.63, 3.8) is 0 Å². The van der Waals surface area contributed by atoms with Crippen LogP contribution < -0.4 is 0 Å². The quantitative estimate of drug-likeness (QED) is 0.816. The Morgan fingerprint density at radius 3 is 3.00 bits per heavy atom. The van der Waals surface area contributed by atoms with Crippen molar-refractivity contribution in [1.82, 2.24) is 0 Å². The Morgan fingerprint density at radius 2 is 2.31 bits per heavy atom.